The Balaban J connectivity index is 2.37. The molecule has 0 saturated carbocycles. The first kappa shape index (κ1) is 14.0. The molecular weight excluding hydrogens is 322 g/mol. The van der Waals surface area contributed by atoms with Gasteiger partial charge >= 0.3 is 0 Å². The lowest BCUT2D eigenvalue weighted by Crippen LogP contribution is -1.96. The zero-order valence-corrected chi connectivity index (χ0v) is 12.1. The third-order valence-electron chi connectivity index (χ3n) is 2.65. The van der Waals surface area contributed by atoms with Crippen molar-refractivity contribution in [3.8, 4) is 6.07 Å². The van der Waals surface area contributed by atoms with Crippen LogP contribution in [0.25, 0.3) is 0 Å². The molecule has 0 aliphatic carbocycles. The fraction of sp³-hybridized carbons (Fsp3) is 0.0714. The van der Waals surface area contributed by atoms with Gasteiger partial charge in [0, 0.05) is 21.9 Å². The van der Waals surface area contributed by atoms with E-state index in [1.807, 2.05) is 31.2 Å². The summed E-state index contributed by atoms with van der Waals surface area (Å²) in [6, 6.07) is 12.0. The molecule has 0 aliphatic rings. The third-order valence-corrected chi connectivity index (χ3v) is 3.10. The normalized spacial score (nSPS) is 9.85. The molecule has 2 rings (SSSR count). The lowest BCUT2D eigenvalue weighted by molar-refractivity contribution is -0.385. The minimum atomic E-state index is -0.560. The molecule has 2 aromatic rings. The Hall–Kier alpha value is -2.39. The van der Waals surface area contributed by atoms with Crippen LogP contribution in [0.3, 0.4) is 0 Å². The van der Waals surface area contributed by atoms with E-state index in [4.69, 9.17) is 5.26 Å². The van der Waals surface area contributed by atoms with Crippen LogP contribution >= 0.6 is 15.9 Å². The number of benzene rings is 2. The molecule has 0 unspecified atom stereocenters. The van der Waals surface area contributed by atoms with Crippen molar-refractivity contribution in [3.05, 3.63) is 62.1 Å². The van der Waals surface area contributed by atoms with E-state index < -0.39 is 4.92 Å². The van der Waals surface area contributed by atoms with Crippen LogP contribution in [0.5, 0.6) is 0 Å². The molecule has 0 spiro atoms. The second kappa shape index (κ2) is 5.72. The maximum Gasteiger partial charge on any atom is 0.289 e. The van der Waals surface area contributed by atoms with Crippen molar-refractivity contribution < 1.29 is 4.92 Å². The molecule has 0 saturated heterocycles. The van der Waals surface area contributed by atoms with Gasteiger partial charge in [0.05, 0.1) is 4.92 Å². The molecule has 0 bridgehead atoms. The Kier molecular flexibility index (Phi) is 4.01. The van der Waals surface area contributed by atoms with Crippen LogP contribution in [-0.2, 0) is 0 Å². The Morgan fingerprint density at radius 3 is 2.60 bits per heavy atom. The number of nitrogens with one attached hydrogen (secondary N) is 1. The van der Waals surface area contributed by atoms with Crippen molar-refractivity contribution in [3.63, 3.8) is 0 Å². The Morgan fingerprint density at radius 2 is 2.00 bits per heavy atom. The number of nitrogens with zero attached hydrogens (tertiary/aromatic N) is 2. The van der Waals surface area contributed by atoms with Crippen molar-refractivity contribution >= 4 is 33.0 Å². The van der Waals surface area contributed by atoms with Gasteiger partial charge in [0.15, 0.2) is 0 Å². The maximum atomic E-state index is 10.9. The number of nitro groups is 1. The predicted octanol–water partition coefficient (Wildman–Crippen LogP) is 4.28. The molecule has 20 heavy (non-hydrogen) atoms. The predicted molar refractivity (Wildman–Crippen MR) is 80.0 cm³/mol. The second-order valence-electron chi connectivity index (χ2n) is 4.24. The molecule has 0 atom stereocenters. The standard InChI is InChI=1S/C14H10BrN3O2/c1-9-4-11(15)6-13(5-9)17-12-3-2-10(8-16)14(7-12)18(19)20/h2-7,17H,1H3. The zero-order valence-electron chi connectivity index (χ0n) is 10.6. The van der Waals surface area contributed by atoms with E-state index in [1.54, 1.807) is 6.07 Å². The summed E-state index contributed by atoms with van der Waals surface area (Å²) in [7, 11) is 0. The van der Waals surface area contributed by atoms with Gasteiger partial charge in [0.1, 0.15) is 11.6 Å². The molecule has 0 aliphatic heterocycles. The highest BCUT2D eigenvalue weighted by molar-refractivity contribution is 9.10. The van der Waals surface area contributed by atoms with Crippen LogP contribution in [0.4, 0.5) is 17.1 Å². The molecule has 0 aromatic heterocycles. The van der Waals surface area contributed by atoms with E-state index in [1.165, 1.54) is 12.1 Å². The minimum Gasteiger partial charge on any atom is -0.355 e. The molecular formula is C14H10BrN3O2. The fourth-order valence-electron chi connectivity index (χ4n) is 1.83. The lowest BCUT2D eigenvalue weighted by atomic mass is 10.1. The first-order chi connectivity index (χ1) is 9.49. The quantitative estimate of drug-likeness (QED) is 0.672. The summed E-state index contributed by atoms with van der Waals surface area (Å²) in [4.78, 5) is 10.4. The summed E-state index contributed by atoms with van der Waals surface area (Å²) >= 11 is 3.40. The Morgan fingerprint density at radius 1 is 1.25 bits per heavy atom. The number of aryl methyl sites for hydroxylation is 1. The number of halogens is 1. The van der Waals surface area contributed by atoms with Gasteiger partial charge in [-0.15, -0.1) is 0 Å². The molecule has 0 fully saturated rings. The van der Waals surface area contributed by atoms with E-state index in [0.717, 1.165) is 15.7 Å². The highest BCUT2D eigenvalue weighted by Crippen LogP contribution is 2.27. The van der Waals surface area contributed by atoms with Crippen molar-refractivity contribution in [2.75, 3.05) is 5.32 Å². The first-order valence-corrected chi connectivity index (χ1v) is 6.51. The highest BCUT2D eigenvalue weighted by atomic mass is 79.9. The van der Waals surface area contributed by atoms with Crippen LogP contribution in [0.15, 0.2) is 40.9 Å². The average Bonchev–Trinajstić information content (AvgIpc) is 2.37. The molecule has 5 nitrogen and oxygen atoms in total. The summed E-state index contributed by atoms with van der Waals surface area (Å²) in [5.74, 6) is 0. The topological polar surface area (TPSA) is 79.0 Å². The van der Waals surface area contributed by atoms with Gasteiger partial charge in [0.25, 0.3) is 5.69 Å². The van der Waals surface area contributed by atoms with Crippen LogP contribution in [0, 0.1) is 28.4 Å². The van der Waals surface area contributed by atoms with Gasteiger partial charge in [-0.25, -0.2) is 0 Å². The van der Waals surface area contributed by atoms with Crippen LogP contribution < -0.4 is 5.32 Å². The number of nitro benzene ring substituents is 1. The number of anilines is 2. The van der Waals surface area contributed by atoms with E-state index in [9.17, 15) is 10.1 Å². The second-order valence-corrected chi connectivity index (χ2v) is 5.16. The van der Waals surface area contributed by atoms with E-state index >= 15 is 0 Å². The summed E-state index contributed by atoms with van der Waals surface area (Å²) in [5, 5.41) is 22.8. The number of hydrogen-bond acceptors (Lipinski definition) is 4. The highest BCUT2D eigenvalue weighted by Gasteiger charge is 2.14. The number of nitriles is 1. The summed E-state index contributed by atoms with van der Waals surface area (Å²) in [6.45, 7) is 1.96. The molecule has 1 N–H and O–H groups in total. The minimum absolute atomic E-state index is 0.0472. The lowest BCUT2D eigenvalue weighted by Gasteiger charge is -2.08. The van der Waals surface area contributed by atoms with Crippen molar-refractivity contribution in [1.82, 2.24) is 0 Å². The average molecular weight is 332 g/mol. The molecule has 2 aromatic carbocycles. The maximum absolute atomic E-state index is 10.9. The molecule has 0 amide bonds. The largest absolute Gasteiger partial charge is 0.355 e. The van der Waals surface area contributed by atoms with Gasteiger partial charge < -0.3 is 5.32 Å². The first-order valence-electron chi connectivity index (χ1n) is 5.72. The van der Waals surface area contributed by atoms with Gasteiger partial charge in [-0.3, -0.25) is 10.1 Å². The molecule has 0 heterocycles. The summed E-state index contributed by atoms with van der Waals surface area (Å²) in [6.07, 6.45) is 0. The van der Waals surface area contributed by atoms with E-state index in [0.29, 0.717) is 5.69 Å². The van der Waals surface area contributed by atoms with Crippen molar-refractivity contribution in [2.45, 2.75) is 6.92 Å². The number of hydrogen-bond donors (Lipinski definition) is 1. The van der Waals surface area contributed by atoms with Gasteiger partial charge in [-0.05, 0) is 42.8 Å². The fourth-order valence-corrected chi connectivity index (χ4v) is 2.44. The smallest absolute Gasteiger partial charge is 0.289 e. The van der Waals surface area contributed by atoms with Crippen LogP contribution in [0.1, 0.15) is 11.1 Å². The summed E-state index contributed by atoms with van der Waals surface area (Å²) < 4.78 is 0.920. The van der Waals surface area contributed by atoms with Crippen molar-refractivity contribution in [2.24, 2.45) is 0 Å². The van der Waals surface area contributed by atoms with E-state index in [2.05, 4.69) is 21.2 Å². The van der Waals surface area contributed by atoms with Gasteiger partial charge in [0.2, 0.25) is 0 Å². The van der Waals surface area contributed by atoms with Gasteiger partial charge in [-0.2, -0.15) is 5.26 Å². The Labute approximate surface area is 124 Å². The zero-order chi connectivity index (χ0) is 14.7. The summed E-state index contributed by atoms with van der Waals surface area (Å²) in [5.41, 5.74) is 2.28. The number of rotatable bonds is 3. The van der Waals surface area contributed by atoms with Gasteiger partial charge in [-0.1, -0.05) is 15.9 Å². The van der Waals surface area contributed by atoms with Crippen LogP contribution in [-0.4, -0.2) is 4.92 Å². The molecule has 6 heteroatoms. The third kappa shape index (κ3) is 3.13. The monoisotopic (exact) mass is 331 g/mol. The molecule has 0 radical (unpaired) electrons. The SMILES string of the molecule is Cc1cc(Br)cc(Nc2ccc(C#N)c([N+](=O)[O-])c2)c1. The van der Waals surface area contributed by atoms with Crippen molar-refractivity contribution in [1.29, 1.82) is 5.26 Å². The van der Waals surface area contributed by atoms with Crippen LogP contribution in [0.2, 0.25) is 0 Å². The molecule has 100 valence electrons. The Bertz CT molecular complexity index is 703. The van der Waals surface area contributed by atoms with E-state index in [-0.39, 0.29) is 11.3 Å².